The largest absolute Gasteiger partial charge is 0.320 e. The fraction of sp³-hybridized carbons (Fsp3) is 0.538. The van der Waals surface area contributed by atoms with Crippen molar-refractivity contribution in [1.29, 1.82) is 0 Å². The Balaban J connectivity index is 1.70. The zero-order chi connectivity index (χ0) is 12.5. The second kappa shape index (κ2) is 4.57. The Morgan fingerprint density at radius 2 is 2.22 bits per heavy atom. The molecule has 96 valence electrons. The maximum absolute atomic E-state index is 12.3. The van der Waals surface area contributed by atoms with Crippen LogP contribution < -0.4 is 0 Å². The summed E-state index contributed by atoms with van der Waals surface area (Å²) >= 11 is 0. The second-order valence-electron chi connectivity index (χ2n) is 5.09. The average molecular weight is 246 g/mol. The molecule has 2 saturated heterocycles. The third-order valence-electron chi connectivity index (χ3n) is 3.71. The Bertz CT molecular complexity index is 436. The fourth-order valence-electron chi connectivity index (χ4n) is 2.75. The van der Waals surface area contributed by atoms with E-state index in [1.165, 1.54) is 0 Å². The van der Waals surface area contributed by atoms with Gasteiger partial charge in [0.2, 0.25) is 0 Å². The third kappa shape index (κ3) is 2.06. The number of likely N-dealkylation sites (N-methyl/N-ethyl adjacent to an activating group) is 1. The molecule has 18 heavy (non-hydrogen) atoms. The van der Waals surface area contributed by atoms with Crippen LogP contribution in [0.5, 0.6) is 0 Å². The van der Waals surface area contributed by atoms with Crippen LogP contribution in [0.3, 0.4) is 0 Å². The monoisotopic (exact) mass is 246 g/mol. The predicted molar refractivity (Wildman–Crippen MR) is 68.0 cm³/mol. The molecule has 0 N–H and O–H groups in total. The number of pyridine rings is 1. The molecule has 0 radical (unpaired) electrons. The van der Waals surface area contributed by atoms with Gasteiger partial charge in [0.05, 0.1) is 18.3 Å². The minimum Gasteiger partial charge on any atom is -0.317 e. The third-order valence-corrected chi connectivity index (χ3v) is 3.71. The lowest BCUT2D eigenvalue weighted by Gasteiger charge is -2.33. The summed E-state index contributed by atoms with van der Waals surface area (Å²) in [5, 5.41) is 0. The van der Waals surface area contributed by atoms with Crippen LogP contribution in [0.4, 0.5) is 4.79 Å². The number of hydrogen-bond donors (Lipinski definition) is 0. The maximum Gasteiger partial charge on any atom is 0.320 e. The fourth-order valence-corrected chi connectivity index (χ4v) is 2.75. The first-order valence-corrected chi connectivity index (χ1v) is 6.38. The van der Waals surface area contributed by atoms with Crippen molar-refractivity contribution in [1.82, 2.24) is 19.7 Å². The highest BCUT2D eigenvalue weighted by Crippen LogP contribution is 2.21. The van der Waals surface area contributed by atoms with Gasteiger partial charge in [-0.3, -0.25) is 4.98 Å². The van der Waals surface area contributed by atoms with Crippen LogP contribution in [0, 0.1) is 0 Å². The highest BCUT2D eigenvalue weighted by molar-refractivity contribution is 5.77. The van der Waals surface area contributed by atoms with Crippen LogP contribution in [0.15, 0.2) is 24.4 Å². The van der Waals surface area contributed by atoms with Crippen molar-refractivity contribution in [2.24, 2.45) is 0 Å². The van der Waals surface area contributed by atoms with Crippen LogP contribution in [-0.2, 0) is 6.54 Å². The number of amides is 2. The van der Waals surface area contributed by atoms with Gasteiger partial charge in [-0.15, -0.1) is 0 Å². The lowest BCUT2D eigenvalue weighted by molar-refractivity contribution is 0.138. The lowest BCUT2D eigenvalue weighted by atomic mass is 10.2. The Morgan fingerprint density at radius 1 is 1.33 bits per heavy atom. The van der Waals surface area contributed by atoms with Crippen molar-refractivity contribution in [3.63, 3.8) is 0 Å². The minimum atomic E-state index is 0.166. The van der Waals surface area contributed by atoms with Gasteiger partial charge >= 0.3 is 6.03 Å². The first kappa shape index (κ1) is 11.5. The topological polar surface area (TPSA) is 39.7 Å². The zero-order valence-electron chi connectivity index (χ0n) is 10.6. The van der Waals surface area contributed by atoms with E-state index in [9.17, 15) is 4.79 Å². The molecular formula is C13H18N4O. The number of fused-ring (bicyclic) bond motifs is 1. The summed E-state index contributed by atoms with van der Waals surface area (Å²) in [4.78, 5) is 22.7. The molecule has 2 aliphatic heterocycles. The molecule has 2 aliphatic rings. The quantitative estimate of drug-likeness (QED) is 0.768. The summed E-state index contributed by atoms with van der Waals surface area (Å²) in [5.74, 6) is 0. The van der Waals surface area contributed by atoms with Gasteiger partial charge in [-0.05, 0) is 19.2 Å². The zero-order valence-corrected chi connectivity index (χ0v) is 10.6. The molecule has 3 heterocycles. The van der Waals surface area contributed by atoms with Crippen LogP contribution in [0.25, 0.3) is 0 Å². The average Bonchev–Trinajstić information content (AvgIpc) is 2.67. The van der Waals surface area contributed by atoms with Gasteiger partial charge in [-0.2, -0.15) is 0 Å². The minimum absolute atomic E-state index is 0.166. The number of piperazine rings is 1. The van der Waals surface area contributed by atoms with Crippen molar-refractivity contribution < 1.29 is 4.79 Å². The van der Waals surface area contributed by atoms with Crippen LogP contribution in [0.2, 0.25) is 0 Å². The van der Waals surface area contributed by atoms with E-state index in [4.69, 9.17) is 0 Å². The van der Waals surface area contributed by atoms with E-state index in [1.54, 1.807) is 6.20 Å². The highest BCUT2D eigenvalue weighted by atomic mass is 16.2. The van der Waals surface area contributed by atoms with Gasteiger partial charge in [0, 0.05) is 32.4 Å². The lowest BCUT2D eigenvalue weighted by Crippen LogP contribution is -2.50. The SMILES string of the molecule is CN1CCN2C(=O)N(Cc3ccccn3)C[C@H]2C1. The molecule has 1 aromatic rings. The van der Waals surface area contributed by atoms with Crippen molar-refractivity contribution in [3.8, 4) is 0 Å². The Morgan fingerprint density at radius 3 is 3.00 bits per heavy atom. The number of nitrogens with zero attached hydrogens (tertiary/aromatic N) is 4. The number of carbonyl (C=O) groups excluding carboxylic acids is 1. The molecule has 0 aliphatic carbocycles. The number of rotatable bonds is 2. The van der Waals surface area contributed by atoms with E-state index in [-0.39, 0.29) is 6.03 Å². The van der Waals surface area contributed by atoms with Crippen molar-refractivity contribution in [2.75, 3.05) is 33.2 Å². The Hall–Kier alpha value is -1.62. The standard InChI is InChI=1S/C13H18N4O/c1-15-6-7-17-12(9-15)10-16(13(17)18)8-11-4-2-3-5-14-11/h2-5,12H,6-10H2,1H3/t12-/m1/s1. The number of urea groups is 1. The van der Waals surface area contributed by atoms with E-state index in [0.29, 0.717) is 12.6 Å². The summed E-state index contributed by atoms with van der Waals surface area (Å²) in [6.07, 6.45) is 1.77. The molecule has 5 heteroatoms. The summed E-state index contributed by atoms with van der Waals surface area (Å²) in [7, 11) is 2.11. The summed E-state index contributed by atoms with van der Waals surface area (Å²) in [6.45, 7) is 4.24. The Labute approximate surface area is 107 Å². The molecule has 5 nitrogen and oxygen atoms in total. The first-order chi connectivity index (χ1) is 8.74. The maximum atomic E-state index is 12.3. The second-order valence-corrected chi connectivity index (χ2v) is 5.09. The molecule has 1 atom stereocenters. The molecule has 0 bridgehead atoms. The highest BCUT2D eigenvalue weighted by Gasteiger charge is 2.39. The normalized spacial score (nSPS) is 24.5. The number of hydrogen-bond acceptors (Lipinski definition) is 3. The van der Waals surface area contributed by atoms with Gasteiger partial charge in [0.15, 0.2) is 0 Å². The molecule has 0 aromatic carbocycles. The van der Waals surface area contributed by atoms with Crippen molar-refractivity contribution >= 4 is 6.03 Å². The molecule has 2 amide bonds. The molecule has 0 saturated carbocycles. The molecule has 0 unspecified atom stereocenters. The molecule has 3 rings (SSSR count). The van der Waals surface area contributed by atoms with Gasteiger partial charge in [-0.1, -0.05) is 6.07 Å². The summed E-state index contributed by atoms with van der Waals surface area (Å²) < 4.78 is 0. The first-order valence-electron chi connectivity index (χ1n) is 6.38. The van der Waals surface area contributed by atoms with Gasteiger partial charge < -0.3 is 14.7 Å². The van der Waals surface area contributed by atoms with Gasteiger partial charge in [0.1, 0.15) is 0 Å². The van der Waals surface area contributed by atoms with E-state index in [2.05, 4.69) is 16.9 Å². The van der Waals surface area contributed by atoms with Crippen LogP contribution in [0.1, 0.15) is 5.69 Å². The molecule has 2 fully saturated rings. The van der Waals surface area contributed by atoms with Gasteiger partial charge in [0.25, 0.3) is 0 Å². The smallest absolute Gasteiger partial charge is 0.317 e. The molecular weight excluding hydrogens is 228 g/mol. The van der Waals surface area contributed by atoms with Crippen molar-refractivity contribution in [2.45, 2.75) is 12.6 Å². The van der Waals surface area contributed by atoms with E-state index in [0.717, 1.165) is 31.9 Å². The van der Waals surface area contributed by atoms with Crippen molar-refractivity contribution in [3.05, 3.63) is 30.1 Å². The molecule has 1 aromatic heterocycles. The summed E-state index contributed by atoms with van der Waals surface area (Å²) in [6, 6.07) is 6.34. The van der Waals surface area contributed by atoms with Crippen LogP contribution >= 0.6 is 0 Å². The summed E-state index contributed by atoms with van der Waals surface area (Å²) in [5.41, 5.74) is 0.957. The van der Waals surface area contributed by atoms with E-state index < -0.39 is 0 Å². The van der Waals surface area contributed by atoms with E-state index in [1.807, 2.05) is 28.0 Å². The predicted octanol–water partition coefficient (Wildman–Crippen LogP) is 0.633. The Kier molecular flexibility index (Phi) is 2.91. The van der Waals surface area contributed by atoms with Gasteiger partial charge in [-0.25, -0.2) is 4.79 Å². The van der Waals surface area contributed by atoms with Crippen LogP contribution in [-0.4, -0.2) is 65.0 Å². The molecule has 0 spiro atoms. The van der Waals surface area contributed by atoms with E-state index >= 15 is 0 Å². The number of carbonyl (C=O) groups is 1. The number of aromatic nitrogens is 1.